The van der Waals surface area contributed by atoms with Gasteiger partial charge in [0, 0.05) is 5.54 Å². The SMILES string of the molecule is COc1ccc(S(N)(=O)=O)cc1NS(=O)(=O)NC(C)(C)C. The molecule has 1 rings (SSSR count). The molecule has 0 aromatic heterocycles. The largest absolute Gasteiger partial charge is 0.495 e. The summed E-state index contributed by atoms with van der Waals surface area (Å²) in [6, 6.07) is 3.63. The maximum atomic E-state index is 12.0. The lowest BCUT2D eigenvalue weighted by atomic mass is 10.1. The van der Waals surface area contributed by atoms with E-state index in [0.29, 0.717) is 0 Å². The smallest absolute Gasteiger partial charge is 0.299 e. The molecule has 120 valence electrons. The van der Waals surface area contributed by atoms with Gasteiger partial charge in [0.05, 0.1) is 17.7 Å². The highest BCUT2D eigenvalue weighted by Crippen LogP contribution is 2.27. The summed E-state index contributed by atoms with van der Waals surface area (Å²) in [4.78, 5) is -0.225. The Kier molecular flexibility index (Phi) is 4.88. The van der Waals surface area contributed by atoms with Gasteiger partial charge in [-0.1, -0.05) is 0 Å². The van der Waals surface area contributed by atoms with Crippen molar-refractivity contribution in [3.63, 3.8) is 0 Å². The molecule has 0 unspecified atom stereocenters. The van der Waals surface area contributed by atoms with Gasteiger partial charge in [0.15, 0.2) is 0 Å². The molecule has 0 fully saturated rings. The highest BCUT2D eigenvalue weighted by atomic mass is 32.2. The van der Waals surface area contributed by atoms with Crippen molar-refractivity contribution in [3.05, 3.63) is 18.2 Å². The van der Waals surface area contributed by atoms with E-state index < -0.39 is 25.8 Å². The lowest BCUT2D eigenvalue weighted by Gasteiger charge is -2.21. The second-order valence-electron chi connectivity index (χ2n) is 5.36. The fraction of sp³-hybridized carbons (Fsp3) is 0.455. The van der Waals surface area contributed by atoms with E-state index in [-0.39, 0.29) is 16.3 Å². The number of methoxy groups -OCH3 is 1. The van der Waals surface area contributed by atoms with Crippen molar-refractivity contribution >= 4 is 25.9 Å². The van der Waals surface area contributed by atoms with E-state index in [0.717, 1.165) is 6.07 Å². The van der Waals surface area contributed by atoms with Gasteiger partial charge in [0.1, 0.15) is 5.75 Å². The van der Waals surface area contributed by atoms with Gasteiger partial charge in [-0.25, -0.2) is 13.6 Å². The number of hydrogen-bond acceptors (Lipinski definition) is 5. The monoisotopic (exact) mass is 337 g/mol. The summed E-state index contributed by atoms with van der Waals surface area (Å²) in [7, 11) is -6.52. The number of hydrogen-bond donors (Lipinski definition) is 3. The van der Waals surface area contributed by atoms with Gasteiger partial charge >= 0.3 is 0 Å². The summed E-state index contributed by atoms with van der Waals surface area (Å²) >= 11 is 0. The van der Waals surface area contributed by atoms with Crippen molar-refractivity contribution in [2.24, 2.45) is 5.14 Å². The molecule has 0 saturated heterocycles. The second-order valence-corrected chi connectivity index (χ2v) is 8.34. The van der Waals surface area contributed by atoms with Crippen molar-refractivity contribution in [1.82, 2.24) is 4.72 Å². The molecule has 10 heteroatoms. The number of primary sulfonamides is 1. The highest BCUT2D eigenvalue weighted by molar-refractivity contribution is 7.91. The van der Waals surface area contributed by atoms with Crippen LogP contribution in [0, 0.1) is 0 Å². The van der Waals surface area contributed by atoms with Crippen LogP contribution in [0.2, 0.25) is 0 Å². The van der Waals surface area contributed by atoms with Gasteiger partial charge in [-0.15, -0.1) is 0 Å². The third kappa shape index (κ3) is 5.50. The molecule has 1 aromatic carbocycles. The Bertz CT molecular complexity index is 721. The minimum atomic E-state index is -3.95. The summed E-state index contributed by atoms with van der Waals surface area (Å²) in [5, 5.41) is 5.02. The number of benzene rings is 1. The first-order chi connectivity index (χ1) is 9.34. The van der Waals surface area contributed by atoms with E-state index in [1.54, 1.807) is 20.8 Å². The van der Waals surface area contributed by atoms with E-state index in [2.05, 4.69) is 9.44 Å². The third-order valence-electron chi connectivity index (χ3n) is 2.18. The molecule has 0 spiro atoms. The summed E-state index contributed by atoms with van der Waals surface area (Å²) in [5.74, 6) is 0.168. The van der Waals surface area contributed by atoms with Crippen LogP contribution in [-0.4, -0.2) is 29.5 Å². The number of sulfonamides is 1. The maximum absolute atomic E-state index is 12.0. The Hall–Kier alpha value is -1.36. The Balaban J connectivity index is 3.23. The molecular weight excluding hydrogens is 318 g/mol. The van der Waals surface area contributed by atoms with E-state index >= 15 is 0 Å². The second kappa shape index (κ2) is 5.79. The number of rotatable bonds is 5. The third-order valence-corrected chi connectivity index (χ3v) is 4.47. The van der Waals surface area contributed by atoms with Gasteiger partial charge in [-0.05, 0) is 39.0 Å². The van der Waals surface area contributed by atoms with Crippen LogP contribution in [-0.2, 0) is 20.2 Å². The quantitative estimate of drug-likeness (QED) is 0.716. The molecule has 1 aromatic rings. The Labute approximate surface area is 124 Å². The van der Waals surface area contributed by atoms with E-state index in [1.807, 2.05) is 0 Å². The van der Waals surface area contributed by atoms with Crippen LogP contribution in [0.15, 0.2) is 23.1 Å². The first kappa shape index (κ1) is 17.7. The number of nitrogens with two attached hydrogens (primary N) is 1. The average Bonchev–Trinajstić information content (AvgIpc) is 2.23. The molecule has 0 bridgehead atoms. The van der Waals surface area contributed by atoms with Crippen LogP contribution >= 0.6 is 0 Å². The molecule has 21 heavy (non-hydrogen) atoms. The Morgan fingerprint density at radius 2 is 1.71 bits per heavy atom. The first-order valence-electron chi connectivity index (χ1n) is 5.87. The summed E-state index contributed by atoms with van der Waals surface area (Å²) in [6.45, 7) is 5.01. The molecule has 0 amide bonds. The van der Waals surface area contributed by atoms with E-state index in [1.165, 1.54) is 19.2 Å². The molecule has 0 aliphatic rings. The average molecular weight is 337 g/mol. The molecule has 0 atom stereocenters. The normalized spacial score (nSPS) is 13.0. The zero-order chi connectivity index (χ0) is 16.5. The zero-order valence-corrected chi connectivity index (χ0v) is 13.8. The predicted molar refractivity (Wildman–Crippen MR) is 79.8 cm³/mol. The topological polar surface area (TPSA) is 128 Å². The summed E-state index contributed by atoms with van der Waals surface area (Å²) in [6.07, 6.45) is 0. The molecule has 0 aliphatic heterocycles. The van der Waals surface area contributed by atoms with Crippen LogP contribution in [0.4, 0.5) is 5.69 Å². The lowest BCUT2D eigenvalue weighted by Crippen LogP contribution is -2.43. The van der Waals surface area contributed by atoms with Gasteiger partial charge in [-0.2, -0.15) is 13.1 Å². The maximum Gasteiger partial charge on any atom is 0.299 e. The predicted octanol–water partition coefficient (Wildman–Crippen LogP) is 0.387. The lowest BCUT2D eigenvalue weighted by molar-refractivity contribution is 0.416. The van der Waals surface area contributed by atoms with Crippen LogP contribution in [0.5, 0.6) is 5.75 Å². The minimum absolute atomic E-state index is 0.0271. The van der Waals surface area contributed by atoms with Crippen LogP contribution in [0.1, 0.15) is 20.8 Å². The van der Waals surface area contributed by atoms with Gasteiger partial charge < -0.3 is 4.74 Å². The summed E-state index contributed by atoms with van der Waals surface area (Å²) in [5.41, 5.74) is -0.725. The first-order valence-corrected chi connectivity index (χ1v) is 8.89. The Morgan fingerprint density at radius 1 is 1.14 bits per heavy atom. The number of nitrogens with one attached hydrogen (secondary N) is 2. The van der Waals surface area contributed by atoms with Gasteiger partial charge in [-0.3, -0.25) is 4.72 Å². The van der Waals surface area contributed by atoms with Crippen LogP contribution < -0.4 is 19.3 Å². The van der Waals surface area contributed by atoms with Crippen LogP contribution in [0.25, 0.3) is 0 Å². The van der Waals surface area contributed by atoms with E-state index in [9.17, 15) is 16.8 Å². The fourth-order valence-electron chi connectivity index (χ4n) is 1.52. The van der Waals surface area contributed by atoms with E-state index in [4.69, 9.17) is 9.88 Å². The molecule has 0 aliphatic carbocycles. The van der Waals surface area contributed by atoms with Crippen LogP contribution in [0.3, 0.4) is 0 Å². The van der Waals surface area contributed by atoms with Crippen molar-refractivity contribution in [2.45, 2.75) is 31.2 Å². The summed E-state index contributed by atoms with van der Waals surface area (Å²) < 4.78 is 56.2. The highest BCUT2D eigenvalue weighted by Gasteiger charge is 2.22. The van der Waals surface area contributed by atoms with Gasteiger partial charge in [0.25, 0.3) is 10.2 Å². The number of ether oxygens (including phenoxy) is 1. The molecule has 0 heterocycles. The van der Waals surface area contributed by atoms with Gasteiger partial charge in [0.2, 0.25) is 10.0 Å². The number of anilines is 1. The van der Waals surface area contributed by atoms with Crippen molar-refractivity contribution in [1.29, 1.82) is 0 Å². The fourth-order valence-corrected chi connectivity index (χ4v) is 3.36. The molecule has 4 N–H and O–H groups in total. The molecule has 8 nitrogen and oxygen atoms in total. The van der Waals surface area contributed by atoms with Crippen molar-refractivity contribution < 1.29 is 21.6 Å². The standard InChI is InChI=1S/C11H19N3O5S2/c1-11(2,3)14-21(17,18)13-9-7-8(20(12,15)16)5-6-10(9)19-4/h5-7,13-14H,1-4H3,(H2,12,15,16). The minimum Gasteiger partial charge on any atom is -0.495 e. The molecule has 0 radical (unpaired) electrons. The van der Waals surface area contributed by atoms with Crippen molar-refractivity contribution in [3.8, 4) is 5.75 Å². The van der Waals surface area contributed by atoms with Crippen molar-refractivity contribution in [2.75, 3.05) is 11.8 Å². The Morgan fingerprint density at radius 3 is 2.14 bits per heavy atom. The zero-order valence-electron chi connectivity index (χ0n) is 12.2. The molecule has 0 saturated carbocycles. The molecular formula is C11H19N3O5S2.